The molecule has 18 heavy (non-hydrogen) atoms. The molecule has 0 radical (unpaired) electrons. The molecule has 0 atom stereocenters. The van der Waals surface area contributed by atoms with Gasteiger partial charge in [-0.05, 0) is 11.5 Å². The molecule has 1 saturated carbocycles. The van der Waals surface area contributed by atoms with Crippen LogP contribution in [0.4, 0.5) is 0 Å². The first-order valence-corrected chi connectivity index (χ1v) is 5.77. The molecule has 0 aliphatic heterocycles. The standard InChI is InChI=1S/C13H14N2O3/c1-13(2)6-8(16)10(9(17)7-13)11(18)12-14-4-3-5-15-12/h3-5,10H,6-7H2,1-2H3. The first kappa shape index (κ1) is 12.5. The predicted octanol–water partition coefficient (Wildman–Crippen LogP) is 1.23. The number of carbonyl (C=O) groups is 3. The van der Waals surface area contributed by atoms with E-state index in [1.807, 2.05) is 13.8 Å². The van der Waals surface area contributed by atoms with Gasteiger partial charge in [0.15, 0.2) is 17.4 Å². The zero-order valence-electron chi connectivity index (χ0n) is 10.3. The van der Waals surface area contributed by atoms with Crippen molar-refractivity contribution in [2.75, 3.05) is 0 Å². The number of hydrogen-bond donors (Lipinski definition) is 0. The molecule has 5 heteroatoms. The third-order valence-corrected chi connectivity index (χ3v) is 3.00. The Labute approximate surface area is 105 Å². The van der Waals surface area contributed by atoms with Gasteiger partial charge in [-0.3, -0.25) is 14.4 Å². The van der Waals surface area contributed by atoms with Crippen LogP contribution in [-0.4, -0.2) is 27.3 Å². The van der Waals surface area contributed by atoms with Crippen molar-refractivity contribution >= 4 is 17.3 Å². The van der Waals surface area contributed by atoms with E-state index in [9.17, 15) is 14.4 Å². The Bertz CT molecular complexity index is 488. The molecule has 5 nitrogen and oxygen atoms in total. The second-order valence-corrected chi connectivity index (χ2v) is 5.32. The van der Waals surface area contributed by atoms with Crippen molar-refractivity contribution in [2.45, 2.75) is 26.7 Å². The van der Waals surface area contributed by atoms with Crippen LogP contribution >= 0.6 is 0 Å². The van der Waals surface area contributed by atoms with Gasteiger partial charge in [0.05, 0.1) is 0 Å². The summed E-state index contributed by atoms with van der Waals surface area (Å²) in [5.74, 6) is -2.51. The minimum Gasteiger partial charge on any atom is -0.298 e. The lowest BCUT2D eigenvalue weighted by Gasteiger charge is -2.30. The Balaban J connectivity index is 2.27. The van der Waals surface area contributed by atoms with Crippen molar-refractivity contribution in [1.29, 1.82) is 0 Å². The van der Waals surface area contributed by atoms with Crippen molar-refractivity contribution in [3.05, 3.63) is 24.3 Å². The minimum atomic E-state index is -1.21. The first-order valence-electron chi connectivity index (χ1n) is 5.77. The molecule has 94 valence electrons. The Morgan fingerprint density at radius 3 is 2.17 bits per heavy atom. The van der Waals surface area contributed by atoms with E-state index in [0.29, 0.717) is 0 Å². The second-order valence-electron chi connectivity index (χ2n) is 5.32. The van der Waals surface area contributed by atoms with Gasteiger partial charge < -0.3 is 0 Å². The van der Waals surface area contributed by atoms with Crippen LogP contribution in [0.1, 0.15) is 37.3 Å². The zero-order valence-corrected chi connectivity index (χ0v) is 10.3. The number of ketones is 3. The molecule has 0 unspecified atom stereocenters. The molecule has 1 aromatic heterocycles. The molecule has 0 N–H and O–H groups in total. The van der Waals surface area contributed by atoms with Crippen molar-refractivity contribution in [2.24, 2.45) is 11.3 Å². The van der Waals surface area contributed by atoms with E-state index in [2.05, 4.69) is 9.97 Å². The summed E-state index contributed by atoms with van der Waals surface area (Å²) in [6, 6.07) is 1.57. The average Bonchev–Trinajstić information content (AvgIpc) is 2.27. The monoisotopic (exact) mass is 246 g/mol. The predicted molar refractivity (Wildman–Crippen MR) is 62.9 cm³/mol. The van der Waals surface area contributed by atoms with Gasteiger partial charge in [-0.15, -0.1) is 0 Å². The number of hydrogen-bond acceptors (Lipinski definition) is 5. The van der Waals surface area contributed by atoms with Crippen LogP contribution in [-0.2, 0) is 9.59 Å². The van der Waals surface area contributed by atoms with Gasteiger partial charge in [-0.1, -0.05) is 13.8 Å². The summed E-state index contributed by atoms with van der Waals surface area (Å²) >= 11 is 0. The number of Topliss-reactive ketones (excluding diaryl/α,β-unsaturated/α-hetero) is 3. The maximum atomic E-state index is 12.1. The fourth-order valence-electron chi connectivity index (χ4n) is 2.24. The minimum absolute atomic E-state index is 0.0658. The van der Waals surface area contributed by atoms with Gasteiger partial charge in [0.2, 0.25) is 5.78 Å². The van der Waals surface area contributed by atoms with Crippen LogP contribution in [0.15, 0.2) is 18.5 Å². The van der Waals surface area contributed by atoms with Crippen LogP contribution in [0.5, 0.6) is 0 Å². The number of nitrogens with zero attached hydrogens (tertiary/aromatic N) is 2. The Morgan fingerprint density at radius 2 is 1.67 bits per heavy atom. The SMILES string of the molecule is CC1(C)CC(=O)C(C(=O)c2ncccn2)C(=O)C1. The van der Waals surface area contributed by atoms with Gasteiger partial charge in [0.1, 0.15) is 5.92 Å². The van der Waals surface area contributed by atoms with E-state index in [1.165, 1.54) is 12.4 Å². The summed E-state index contributed by atoms with van der Waals surface area (Å²) in [5.41, 5.74) is -0.359. The smallest absolute Gasteiger partial charge is 0.217 e. The first-order chi connectivity index (χ1) is 8.41. The van der Waals surface area contributed by atoms with Gasteiger partial charge in [0.25, 0.3) is 0 Å². The molecular weight excluding hydrogens is 232 g/mol. The third kappa shape index (κ3) is 2.34. The molecule has 0 bridgehead atoms. The molecule has 1 heterocycles. The Kier molecular flexibility index (Phi) is 3.07. The van der Waals surface area contributed by atoms with Gasteiger partial charge in [-0.25, -0.2) is 9.97 Å². The highest BCUT2D eigenvalue weighted by atomic mass is 16.2. The molecule has 0 saturated heterocycles. The molecule has 0 aromatic carbocycles. The molecule has 0 spiro atoms. The van der Waals surface area contributed by atoms with Gasteiger partial charge >= 0.3 is 0 Å². The van der Waals surface area contributed by atoms with Gasteiger partial charge in [-0.2, -0.15) is 0 Å². The van der Waals surface area contributed by atoms with Crippen LogP contribution in [0.25, 0.3) is 0 Å². The summed E-state index contributed by atoms with van der Waals surface area (Å²) in [6.07, 6.45) is 3.31. The van der Waals surface area contributed by atoms with E-state index >= 15 is 0 Å². The molecule has 1 aliphatic rings. The van der Waals surface area contributed by atoms with E-state index < -0.39 is 11.7 Å². The lowest BCUT2D eigenvalue weighted by atomic mass is 9.70. The number of carbonyl (C=O) groups excluding carboxylic acids is 3. The highest BCUT2D eigenvalue weighted by molar-refractivity contribution is 6.24. The maximum absolute atomic E-state index is 12.1. The van der Waals surface area contributed by atoms with E-state index in [-0.39, 0.29) is 35.6 Å². The molecule has 0 amide bonds. The highest BCUT2D eigenvalue weighted by Gasteiger charge is 2.44. The lowest BCUT2D eigenvalue weighted by Crippen LogP contribution is -2.42. The highest BCUT2D eigenvalue weighted by Crippen LogP contribution is 2.34. The van der Waals surface area contributed by atoms with E-state index in [0.717, 1.165) is 0 Å². The quantitative estimate of drug-likeness (QED) is 0.579. The Morgan fingerprint density at radius 1 is 1.17 bits per heavy atom. The fourth-order valence-corrected chi connectivity index (χ4v) is 2.24. The third-order valence-electron chi connectivity index (χ3n) is 3.00. The summed E-state index contributed by atoms with van der Waals surface area (Å²) < 4.78 is 0. The maximum Gasteiger partial charge on any atom is 0.217 e. The topological polar surface area (TPSA) is 77.0 Å². The fraction of sp³-hybridized carbons (Fsp3) is 0.462. The molecule has 1 fully saturated rings. The number of rotatable bonds is 2. The van der Waals surface area contributed by atoms with Crippen molar-refractivity contribution in [3.8, 4) is 0 Å². The summed E-state index contributed by atoms with van der Waals surface area (Å²) in [4.78, 5) is 43.5. The molecular formula is C13H14N2O3. The summed E-state index contributed by atoms with van der Waals surface area (Å²) in [6.45, 7) is 3.70. The van der Waals surface area contributed by atoms with Crippen molar-refractivity contribution < 1.29 is 14.4 Å². The molecule has 2 rings (SSSR count). The van der Waals surface area contributed by atoms with Gasteiger partial charge in [0, 0.05) is 25.2 Å². The Hall–Kier alpha value is -1.91. The van der Waals surface area contributed by atoms with Crippen LogP contribution in [0.3, 0.4) is 0 Å². The van der Waals surface area contributed by atoms with E-state index in [4.69, 9.17) is 0 Å². The summed E-state index contributed by atoms with van der Waals surface area (Å²) in [5, 5.41) is 0. The second kappa shape index (κ2) is 4.40. The normalized spacial score (nSPS) is 19.9. The van der Waals surface area contributed by atoms with Crippen LogP contribution in [0, 0.1) is 11.3 Å². The van der Waals surface area contributed by atoms with E-state index in [1.54, 1.807) is 6.07 Å². The molecule has 1 aliphatic carbocycles. The summed E-state index contributed by atoms with van der Waals surface area (Å²) in [7, 11) is 0. The van der Waals surface area contributed by atoms with Crippen LogP contribution in [0.2, 0.25) is 0 Å². The zero-order chi connectivity index (χ0) is 13.3. The molecule has 1 aromatic rings. The largest absolute Gasteiger partial charge is 0.298 e. The number of aromatic nitrogens is 2. The lowest BCUT2D eigenvalue weighted by molar-refractivity contribution is -0.137. The average molecular weight is 246 g/mol. The van der Waals surface area contributed by atoms with Crippen molar-refractivity contribution in [3.63, 3.8) is 0 Å². The van der Waals surface area contributed by atoms with Crippen molar-refractivity contribution in [1.82, 2.24) is 9.97 Å². The van der Waals surface area contributed by atoms with Crippen LogP contribution < -0.4 is 0 Å².